The Hall–Kier alpha value is -0.690. The van der Waals surface area contributed by atoms with Gasteiger partial charge in [0.1, 0.15) is 5.82 Å². The average Bonchev–Trinajstić information content (AvgIpc) is 2.85. The third kappa shape index (κ3) is 3.45. The van der Waals surface area contributed by atoms with Gasteiger partial charge in [0.15, 0.2) is 0 Å². The minimum Gasteiger partial charge on any atom is -0.377 e. The quantitative estimate of drug-likeness (QED) is 0.929. The first-order valence-electron chi connectivity index (χ1n) is 5.99. The maximum Gasteiger partial charge on any atom is 0.240 e. The van der Waals surface area contributed by atoms with Crippen LogP contribution in [0.25, 0.3) is 0 Å². The zero-order valence-corrected chi connectivity index (χ0v) is 12.0. The Labute approximate surface area is 117 Å². The van der Waals surface area contributed by atoms with Crippen molar-refractivity contribution in [1.29, 1.82) is 0 Å². The lowest BCUT2D eigenvalue weighted by Gasteiger charge is -2.20. The molecule has 1 aliphatic heterocycles. The second kappa shape index (κ2) is 5.75. The summed E-state index contributed by atoms with van der Waals surface area (Å²) < 4.78 is 45.2. The Kier molecular flexibility index (Phi) is 4.45. The predicted molar refractivity (Wildman–Crippen MR) is 70.2 cm³/mol. The fraction of sp³-hybridized carbons (Fsp3) is 0.500. The Morgan fingerprint density at radius 2 is 2.26 bits per heavy atom. The van der Waals surface area contributed by atoms with E-state index in [1.807, 2.05) is 0 Å². The zero-order valence-electron chi connectivity index (χ0n) is 10.4. The van der Waals surface area contributed by atoms with Crippen LogP contribution in [0.2, 0.25) is 5.02 Å². The van der Waals surface area contributed by atoms with E-state index in [1.54, 1.807) is 6.92 Å². The van der Waals surface area contributed by atoms with Gasteiger partial charge in [0.05, 0.1) is 16.0 Å². The largest absolute Gasteiger partial charge is 0.377 e. The van der Waals surface area contributed by atoms with Crippen molar-refractivity contribution < 1.29 is 17.5 Å². The monoisotopic (exact) mass is 307 g/mol. The molecule has 0 spiro atoms. The number of ether oxygens (including phenoxy) is 1. The molecule has 1 aliphatic rings. The molecule has 1 N–H and O–H groups in total. The van der Waals surface area contributed by atoms with Crippen molar-refractivity contribution >= 4 is 21.6 Å². The highest BCUT2D eigenvalue weighted by Crippen LogP contribution is 2.21. The maximum atomic E-state index is 13.0. The van der Waals surface area contributed by atoms with E-state index in [4.69, 9.17) is 16.3 Å². The number of benzene rings is 1. The van der Waals surface area contributed by atoms with Crippen LogP contribution in [0, 0.1) is 5.82 Å². The second-order valence-corrected chi connectivity index (χ2v) is 6.66. The third-order valence-electron chi connectivity index (χ3n) is 3.06. The number of hydrogen-bond acceptors (Lipinski definition) is 3. The first kappa shape index (κ1) is 14.7. The Balaban J connectivity index is 2.15. The molecule has 0 saturated carbocycles. The van der Waals surface area contributed by atoms with E-state index in [1.165, 1.54) is 6.07 Å². The molecule has 2 atom stereocenters. The molecule has 106 valence electrons. The van der Waals surface area contributed by atoms with E-state index in [0.717, 1.165) is 25.0 Å². The molecule has 7 heteroatoms. The van der Waals surface area contributed by atoms with Crippen LogP contribution in [0.5, 0.6) is 0 Å². The van der Waals surface area contributed by atoms with Gasteiger partial charge in [0.2, 0.25) is 10.0 Å². The molecule has 1 aromatic carbocycles. The van der Waals surface area contributed by atoms with E-state index < -0.39 is 15.8 Å². The fourth-order valence-electron chi connectivity index (χ4n) is 2.03. The summed E-state index contributed by atoms with van der Waals surface area (Å²) in [5.41, 5.74) is 0. The molecular formula is C12H15ClFNO3S. The number of nitrogens with one attached hydrogen (secondary N) is 1. The molecule has 1 aromatic rings. The molecule has 0 aliphatic carbocycles. The average molecular weight is 308 g/mol. The van der Waals surface area contributed by atoms with Crippen LogP contribution in [-0.2, 0) is 14.8 Å². The highest BCUT2D eigenvalue weighted by atomic mass is 35.5. The summed E-state index contributed by atoms with van der Waals surface area (Å²) in [5.74, 6) is -0.646. The predicted octanol–water partition coefficient (Wildman–Crippen LogP) is 2.32. The molecule has 0 amide bonds. The number of sulfonamides is 1. The lowest BCUT2D eigenvalue weighted by molar-refractivity contribution is 0.0902. The van der Waals surface area contributed by atoms with Crippen LogP contribution in [0.1, 0.15) is 19.8 Å². The van der Waals surface area contributed by atoms with E-state index in [0.29, 0.717) is 6.61 Å². The Bertz CT molecular complexity index is 558. The van der Waals surface area contributed by atoms with E-state index in [-0.39, 0.29) is 22.1 Å². The molecule has 1 fully saturated rings. The number of rotatable bonds is 4. The van der Waals surface area contributed by atoms with Crippen molar-refractivity contribution in [2.75, 3.05) is 6.61 Å². The van der Waals surface area contributed by atoms with Crippen LogP contribution in [0.4, 0.5) is 4.39 Å². The van der Waals surface area contributed by atoms with Gasteiger partial charge in [-0.05, 0) is 38.0 Å². The highest BCUT2D eigenvalue weighted by molar-refractivity contribution is 7.89. The maximum absolute atomic E-state index is 13.0. The van der Waals surface area contributed by atoms with Gasteiger partial charge in [-0.1, -0.05) is 11.6 Å². The van der Waals surface area contributed by atoms with E-state index in [2.05, 4.69) is 4.72 Å². The molecule has 4 nitrogen and oxygen atoms in total. The molecule has 0 aromatic heterocycles. The summed E-state index contributed by atoms with van der Waals surface area (Å²) >= 11 is 5.59. The SMILES string of the molecule is CC(NS(=O)(=O)c1ccc(F)c(Cl)c1)C1CCCO1. The normalized spacial score (nSPS) is 21.5. The van der Waals surface area contributed by atoms with Gasteiger partial charge >= 0.3 is 0 Å². The fourth-order valence-corrected chi connectivity index (χ4v) is 3.57. The standard InChI is InChI=1S/C12H15ClFNO3S/c1-8(12-3-2-6-18-12)15-19(16,17)9-4-5-11(14)10(13)7-9/h4-5,7-8,12,15H,2-3,6H2,1H3. The zero-order chi connectivity index (χ0) is 14.0. The first-order chi connectivity index (χ1) is 8.90. The number of hydrogen-bond donors (Lipinski definition) is 1. The van der Waals surface area contributed by atoms with E-state index in [9.17, 15) is 12.8 Å². The molecule has 2 rings (SSSR count). The minimum absolute atomic E-state index is 0.0521. The van der Waals surface area contributed by atoms with Crippen LogP contribution in [-0.4, -0.2) is 27.2 Å². The summed E-state index contributed by atoms with van der Waals surface area (Å²) in [5, 5.41) is -0.215. The first-order valence-corrected chi connectivity index (χ1v) is 7.85. The van der Waals surface area contributed by atoms with Crippen LogP contribution in [0.3, 0.4) is 0 Å². The molecule has 0 radical (unpaired) electrons. The van der Waals surface area contributed by atoms with Crippen molar-refractivity contribution in [2.24, 2.45) is 0 Å². The summed E-state index contributed by atoms with van der Waals surface area (Å²) in [6, 6.07) is 2.98. The van der Waals surface area contributed by atoms with Gasteiger partial charge in [-0.3, -0.25) is 0 Å². The molecular weight excluding hydrogens is 293 g/mol. The van der Waals surface area contributed by atoms with E-state index >= 15 is 0 Å². The third-order valence-corrected chi connectivity index (χ3v) is 4.91. The summed E-state index contributed by atoms with van der Waals surface area (Å²) in [7, 11) is -3.72. The van der Waals surface area contributed by atoms with Crippen LogP contribution >= 0.6 is 11.6 Å². The van der Waals surface area contributed by atoms with Crippen LogP contribution < -0.4 is 4.72 Å². The summed E-state index contributed by atoms with van der Waals surface area (Å²) in [6.07, 6.45) is 1.64. The van der Waals surface area contributed by atoms with Gasteiger partial charge < -0.3 is 4.74 Å². The van der Waals surface area contributed by atoms with Gasteiger partial charge in [-0.25, -0.2) is 17.5 Å². The Morgan fingerprint density at radius 3 is 2.84 bits per heavy atom. The van der Waals surface area contributed by atoms with Crippen molar-refractivity contribution in [3.05, 3.63) is 29.0 Å². The van der Waals surface area contributed by atoms with Gasteiger partial charge in [0, 0.05) is 12.6 Å². The smallest absolute Gasteiger partial charge is 0.240 e. The van der Waals surface area contributed by atoms with Gasteiger partial charge in [-0.2, -0.15) is 0 Å². The van der Waals surface area contributed by atoms with Gasteiger partial charge in [-0.15, -0.1) is 0 Å². The molecule has 1 saturated heterocycles. The molecule has 1 heterocycles. The minimum atomic E-state index is -3.72. The molecule has 19 heavy (non-hydrogen) atoms. The lowest BCUT2D eigenvalue weighted by Crippen LogP contribution is -2.40. The van der Waals surface area contributed by atoms with Crippen LogP contribution in [0.15, 0.2) is 23.1 Å². The topological polar surface area (TPSA) is 55.4 Å². The second-order valence-electron chi connectivity index (χ2n) is 4.54. The highest BCUT2D eigenvalue weighted by Gasteiger charge is 2.27. The molecule has 0 bridgehead atoms. The van der Waals surface area contributed by atoms with Crippen molar-refractivity contribution in [3.8, 4) is 0 Å². The lowest BCUT2D eigenvalue weighted by atomic mass is 10.1. The molecule has 2 unspecified atom stereocenters. The van der Waals surface area contributed by atoms with Crippen molar-refractivity contribution in [1.82, 2.24) is 4.72 Å². The summed E-state index contributed by atoms with van der Waals surface area (Å²) in [4.78, 5) is -0.0521. The van der Waals surface area contributed by atoms with Crippen molar-refractivity contribution in [3.63, 3.8) is 0 Å². The van der Waals surface area contributed by atoms with Gasteiger partial charge in [0.25, 0.3) is 0 Å². The number of halogens is 2. The Morgan fingerprint density at radius 1 is 1.53 bits per heavy atom. The summed E-state index contributed by atoms with van der Waals surface area (Å²) in [6.45, 7) is 2.40. The van der Waals surface area contributed by atoms with Crippen molar-refractivity contribution in [2.45, 2.75) is 36.8 Å².